The highest BCUT2D eigenvalue weighted by Gasteiger charge is 2.35. The van der Waals surface area contributed by atoms with Crippen LogP contribution in [0.2, 0.25) is 0 Å². The van der Waals surface area contributed by atoms with Crippen molar-refractivity contribution >= 4 is 216 Å². The molecule has 2 unspecified atom stereocenters. The van der Waals surface area contributed by atoms with Crippen LogP contribution >= 0.6 is 34.0 Å². The Hall–Kier alpha value is -11.4. The van der Waals surface area contributed by atoms with Gasteiger partial charge in [0.25, 0.3) is 0 Å². The maximum atomic E-state index is 6.70. The van der Waals surface area contributed by atoms with Crippen LogP contribution in [0.1, 0.15) is 23.3 Å². The molecule has 0 fully saturated rings. The van der Waals surface area contributed by atoms with Crippen molar-refractivity contribution in [3.63, 3.8) is 0 Å². The van der Waals surface area contributed by atoms with Gasteiger partial charge in [-0.15, -0.1) is 34.0 Å². The molecule has 2 aliphatic heterocycles. The van der Waals surface area contributed by atoms with Gasteiger partial charge in [-0.25, -0.2) is 4.99 Å². The van der Waals surface area contributed by atoms with Crippen molar-refractivity contribution in [1.82, 2.24) is 9.13 Å². The number of rotatable bonds is 4. The van der Waals surface area contributed by atoms with E-state index in [2.05, 4.69) is 275 Å². The number of thiophene rings is 3. The number of anilines is 2. The van der Waals surface area contributed by atoms with E-state index >= 15 is 0 Å². The topological polar surface area (TPSA) is 71.8 Å². The molecule has 0 bridgehead atoms. The first-order chi connectivity index (χ1) is 46.5. The van der Waals surface area contributed by atoms with Gasteiger partial charge >= 0.3 is 0 Å². The summed E-state index contributed by atoms with van der Waals surface area (Å²) in [7, 11) is 0. The van der Waals surface area contributed by atoms with E-state index in [-0.39, 0.29) is 12.2 Å². The Morgan fingerprint density at radius 1 is 0.372 bits per heavy atom. The molecule has 0 radical (unpaired) electrons. The molecule has 6 aromatic heterocycles. The third-order valence-electron chi connectivity index (χ3n) is 20.2. The molecule has 0 spiro atoms. The van der Waals surface area contributed by atoms with Crippen LogP contribution in [0, 0.1) is 0 Å². The Balaban J connectivity index is 0.723. The standard InChI is InChI=1S/C84H48N6OS3/c1-3-17-48-42-67-62(38-46(48)15-1)59-34-33-55-53(23-13-24-58(55)80(59)90(67)81-76(85-78-60-21-7-10-25-69(60)91-83(78)87-81)51-30-36-72-63(40-51)56-20-8-11-26-70(56)92-72)50-28-32-57-64-41-52(31-37-73(64)93-74(57)44-50)77-82(88-84-79(86-77)61-22-9-12-27-71(61)94-84)89-66-35-29-45-14-5-6-19-54(45)75(66)65-39-47-16-2-4-18-49(47)43-68(65)89/h1-44,76,82,85,88H. The molecule has 0 aliphatic carbocycles. The Kier molecular flexibility index (Phi) is 10.4. The van der Waals surface area contributed by atoms with E-state index < -0.39 is 0 Å². The molecule has 22 rings (SSSR count). The van der Waals surface area contributed by atoms with Gasteiger partial charge < -0.3 is 19.6 Å². The van der Waals surface area contributed by atoms with Crippen molar-refractivity contribution < 1.29 is 4.42 Å². The average Bonchev–Trinajstić information content (AvgIpc) is 2.00. The molecule has 14 aromatic carbocycles. The number of benzene rings is 14. The highest BCUT2D eigenvalue weighted by atomic mass is 32.1. The van der Waals surface area contributed by atoms with Gasteiger partial charge in [0.2, 0.25) is 5.88 Å². The van der Waals surface area contributed by atoms with E-state index in [1.54, 1.807) is 11.3 Å². The minimum Gasteiger partial charge on any atom is -0.436 e. The van der Waals surface area contributed by atoms with Gasteiger partial charge in [-0.05, 0) is 139 Å². The molecule has 0 saturated heterocycles. The smallest absolute Gasteiger partial charge is 0.245 e. The molecule has 2 N–H and O–H groups in total. The largest absolute Gasteiger partial charge is 0.436 e. The molecule has 94 heavy (non-hydrogen) atoms. The van der Waals surface area contributed by atoms with Crippen molar-refractivity contribution in [2.45, 2.75) is 12.2 Å². The Labute approximate surface area is 547 Å². The summed E-state index contributed by atoms with van der Waals surface area (Å²) >= 11 is 5.48. The fraction of sp³-hybridized carbons (Fsp3) is 0.0238. The summed E-state index contributed by atoms with van der Waals surface area (Å²) < 4.78 is 17.9. The van der Waals surface area contributed by atoms with Gasteiger partial charge in [0.15, 0.2) is 0 Å². The van der Waals surface area contributed by atoms with E-state index in [0.29, 0.717) is 5.88 Å². The third kappa shape index (κ3) is 7.24. The van der Waals surface area contributed by atoms with Crippen molar-refractivity contribution in [3.05, 3.63) is 278 Å². The minimum atomic E-state index is -0.341. The van der Waals surface area contributed by atoms with Crippen LogP contribution in [0.5, 0.6) is 0 Å². The first-order valence-electron chi connectivity index (χ1n) is 31.9. The predicted molar refractivity (Wildman–Crippen MR) is 402 cm³/mol. The first-order valence-corrected chi connectivity index (χ1v) is 34.3. The Morgan fingerprint density at radius 2 is 0.989 bits per heavy atom. The van der Waals surface area contributed by atoms with Gasteiger partial charge in [-0.1, -0.05) is 182 Å². The number of nitrogens with one attached hydrogen (secondary N) is 2. The van der Waals surface area contributed by atoms with E-state index in [0.717, 1.165) is 71.8 Å². The van der Waals surface area contributed by atoms with Crippen LogP contribution in [0.4, 0.5) is 22.3 Å². The Morgan fingerprint density at radius 3 is 1.83 bits per heavy atom. The zero-order chi connectivity index (χ0) is 61.0. The summed E-state index contributed by atoms with van der Waals surface area (Å²) in [4.78, 5) is 11.5. The monoisotopic (exact) mass is 1250 g/mol. The molecule has 438 valence electrons. The molecule has 0 amide bonds. The van der Waals surface area contributed by atoms with Crippen LogP contribution in [-0.4, -0.2) is 20.7 Å². The van der Waals surface area contributed by atoms with Crippen LogP contribution in [0.25, 0.3) is 159 Å². The maximum Gasteiger partial charge on any atom is 0.245 e. The Bertz CT molecular complexity index is 6850. The van der Waals surface area contributed by atoms with Crippen molar-refractivity contribution in [3.8, 4) is 11.1 Å². The lowest BCUT2D eigenvalue weighted by molar-refractivity contribution is 0.622. The number of hydrogen-bond acceptors (Lipinski definition) is 8. The molecule has 2 aliphatic rings. The van der Waals surface area contributed by atoms with E-state index in [9.17, 15) is 0 Å². The summed E-state index contributed by atoms with van der Waals surface area (Å²) in [6.07, 6.45) is -0.321. The van der Waals surface area contributed by atoms with Gasteiger partial charge in [-0.3, -0.25) is 4.57 Å². The lowest BCUT2D eigenvalue weighted by Gasteiger charge is -2.29. The van der Waals surface area contributed by atoms with Gasteiger partial charge in [0.05, 0.1) is 27.8 Å². The molecule has 2 atom stereocenters. The van der Waals surface area contributed by atoms with Gasteiger partial charge in [0, 0.05) is 88.3 Å². The number of para-hydroxylation sites is 1. The summed E-state index contributed by atoms with van der Waals surface area (Å²) in [5, 5.41) is 30.9. The van der Waals surface area contributed by atoms with Crippen LogP contribution in [0.3, 0.4) is 0 Å². The normalized spacial score (nSPS) is 15.1. The molecule has 0 saturated carbocycles. The quantitative estimate of drug-likeness (QED) is 0.184. The van der Waals surface area contributed by atoms with Gasteiger partial charge in [-0.2, -0.15) is 4.99 Å². The number of aromatic nitrogens is 2. The van der Waals surface area contributed by atoms with Crippen molar-refractivity contribution in [1.29, 1.82) is 0 Å². The maximum absolute atomic E-state index is 6.70. The fourth-order valence-corrected chi connectivity index (χ4v) is 19.2. The summed E-state index contributed by atoms with van der Waals surface area (Å²) in [6, 6.07) is 98.4. The number of aliphatic imine (C=N–C) groups is 2. The van der Waals surface area contributed by atoms with Gasteiger partial charge in [0.1, 0.15) is 40.0 Å². The highest BCUT2D eigenvalue weighted by molar-refractivity contribution is 7.26. The van der Waals surface area contributed by atoms with E-state index in [1.807, 2.05) is 34.8 Å². The molecule has 8 heterocycles. The van der Waals surface area contributed by atoms with E-state index in [4.69, 9.17) is 14.4 Å². The summed E-state index contributed by atoms with van der Waals surface area (Å²) in [5.74, 6) is 1.43. The fourth-order valence-electron chi connectivity index (χ4n) is 15.9. The van der Waals surface area contributed by atoms with Crippen LogP contribution < -0.4 is 10.6 Å². The lowest BCUT2D eigenvalue weighted by Crippen LogP contribution is -2.29. The van der Waals surface area contributed by atoms with Crippen LogP contribution in [-0.2, 0) is 0 Å². The molecular formula is C84H48N6OS3. The zero-order valence-corrected chi connectivity index (χ0v) is 52.4. The number of furan rings is 1. The lowest BCUT2D eigenvalue weighted by atomic mass is 9.95. The van der Waals surface area contributed by atoms with Crippen LogP contribution in [0.15, 0.2) is 281 Å². The second-order valence-electron chi connectivity index (χ2n) is 25.2. The molecular weight excluding hydrogens is 1210 g/mol. The number of nitrogens with zero attached hydrogens (tertiary/aromatic N) is 4. The molecule has 10 heteroatoms. The average molecular weight is 1250 g/mol. The van der Waals surface area contributed by atoms with E-state index in [1.165, 1.54) is 126 Å². The first kappa shape index (κ1) is 51.2. The molecule has 7 nitrogen and oxygen atoms in total. The molecule has 20 aromatic rings. The van der Waals surface area contributed by atoms with Crippen molar-refractivity contribution in [2.75, 3.05) is 10.6 Å². The predicted octanol–water partition coefficient (Wildman–Crippen LogP) is 24.4. The zero-order valence-electron chi connectivity index (χ0n) is 50.0. The highest BCUT2D eigenvalue weighted by Crippen LogP contribution is 2.52. The third-order valence-corrected chi connectivity index (χ3v) is 23.6. The second-order valence-corrected chi connectivity index (χ2v) is 28.4. The minimum absolute atomic E-state index is 0.321. The second kappa shape index (κ2) is 19.1. The summed E-state index contributed by atoms with van der Waals surface area (Å²) in [5.41, 5.74) is 12.8. The number of hydrogen-bond donors (Lipinski definition) is 2. The number of fused-ring (bicyclic) bond motifs is 24. The SMILES string of the molecule is c1ccc2cc3c(cc2c1)c1ccc2c(-c4ccc5c(c4)sc4ccc(C6=Nc7c(sc8ccccc78)NC6n6c7cc8ccccc8cc7c7c8ccccc8ccc76)cc45)cccc2c1n3C1=Nc2oc3ccccc3c2NC1c1ccc2sc3ccccc3c2c1. The van der Waals surface area contributed by atoms with Crippen molar-refractivity contribution in [2.24, 2.45) is 9.98 Å². The summed E-state index contributed by atoms with van der Waals surface area (Å²) in [6.45, 7) is 0.